The lowest BCUT2D eigenvalue weighted by Crippen LogP contribution is -2.68. The number of aliphatic hydroxyl groups is 1. The van der Waals surface area contributed by atoms with Gasteiger partial charge in [0.15, 0.2) is 0 Å². The van der Waals surface area contributed by atoms with Gasteiger partial charge in [-0.2, -0.15) is 0 Å². The van der Waals surface area contributed by atoms with Crippen molar-refractivity contribution in [1.29, 1.82) is 0 Å². The van der Waals surface area contributed by atoms with Crippen molar-refractivity contribution in [1.82, 2.24) is 4.90 Å². The number of ketones is 1. The molecule has 0 aromatic carbocycles. The van der Waals surface area contributed by atoms with Crippen LogP contribution in [0.4, 0.5) is 0 Å². The molecule has 19 heavy (non-hydrogen) atoms. The quantitative estimate of drug-likeness (QED) is 0.728. The molecule has 106 valence electrons. The number of hydrogen-bond acceptors (Lipinski definition) is 3. The molecule has 4 rings (SSSR count). The molecule has 1 N–H and O–H groups in total. The highest BCUT2D eigenvalue weighted by molar-refractivity contribution is 5.85. The predicted octanol–water partition coefficient (Wildman–Crippen LogP) is 2.19. The molecule has 4 fully saturated rings. The topological polar surface area (TPSA) is 40.5 Å². The standard InChI is InChI=1S/C16H25NO2/c1-11-5-7-16(19)15-6-3-9-17(16)8-2-4-12(15)14(18)10-13(11)15/h11-13,19H,2-10H2,1H3. The molecule has 2 aliphatic heterocycles. The largest absolute Gasteiger partial charge is 0.375 e. The molecule has 2 bridgehead atoms. The summed E-state index contributed by atoms with van der Waals surface area (Å²) in [7, 11) is 0. The average molecular weight is 263 g/mol. The molecule has 4 aliphatic rings. The van der Waals surface area contributed by atoms with E-state index in [1.165, 1.54) is 0 Å². The third-order valence-corrected chi connectivity index (χ3v) is 6.94. The van der Waals surface area contributed by atoms with E-state index in [0.717, 1.165) is 58.0 Å². The molecule has 1 spiro atoms. The van der Waals surface area contributed by atoms with Crippen molar-refractivity contribution in [2.24, 2.45) is 23.2 Å². The van der Waals surface area contributed by atoms with Crippen LogP contribution in [0, 0.1) is 23.2 Å². The second-order valence-corrected chi connectivity index (χ2v) is 7.44. The van der Waals surface area contributed by atoms with E-state index < -0.39 is 5.72 Å². The normalized spacial score (nSPS) is 56.6. The van der Waals surface area contributed by atoms with Crippen LogP contribution in [0.5, 0.6) is 0 Å². The summed E-state index contributed by atoms with van der Waals surface area (Å²) in [5.74, 6) is 1.65. The zero-order chi connectivity index (χ0) is 13.3. The maximum absolute atomic E-state index is 12.6. The van der Waals surface area contributed by atoms with Gasteiger partial charge in [0.2, 0.25) is 0 Å². The summed E-state index contributed by atoms with van der Waals surface area (Å²) in [4.78, 5) is 14.9. The highest BCUT2D eigenvalue weighted by Gasteiger charge is 2.70. The maximum atomic E-state index is 12.6. The lowest BCUT2D eigenvalue weighted by molar-refractivity contribution is -0.264. The van der Waals surface area contributed by atoms with Gasteiger partial charge in [0, 0.05) is 30.8 Å². The molecule has 0 radical (unpaired) electrons. The minimum atomic E-state index is -0.671. The molecule has 3 nitrogen and oxygen atoms in total. The highest BCUT2D eigenvalue weighted by atomic mass is 16.3. The fourth-order valence-corrected chi connectivity index (χ4v) is 6.20. The van der Waals surface area contributed by atoms with Crippen LogP contribution in [0.1, 0.15) is 51.9 Å². The second-order valence-electron chi connectivity index (χ2n) is 7.44. The third-order valence-electron chi connectivity index (χ3n) is 6.94. The summed E-state index contributed by atoms with van der Waals surface area (Å²) < 4.78 is 0. The fourth-order valence-electron chi connectivity index (χ4n) is 6.20. The van der Waals surface area contributed by atoms with Crippen LogP contribution in [-0.4, -0.2) is 34.6 Å². The summed E-state index contributed by atoms with van der Waals surface area (Å²) in [6.07, 6.45) is 7.04. The van der Waals surface area contributed by atoms with Crippen molar-refractivity contribution >= 4 is 5.78 Å². The van der Waals surface area contributed by atoms with Gasteiger partial charge >= 0.3 is 0 Å². The van der Waals surface area contributed by atoms with Crippen molar-refractivity contribution in [3.63, 3.8) is 0 Å². The van der Waals surface area contributed by atoms with Crippen LogP contribution >= 0.6 is 0 Å². The number of Topliss-reactive ketones (excluding diaryl/α,β-unsaturated/α-hetero) is 1. The van der Waals surface area contributed by atoms with Gasteiger partial charge < -0.3 is 5.11 Å². The fraction of sp³-hybridized carbons (Fsp3) is 0.938. The van der Waals surface area contributed by atoms with Gasteiger partial charge in [-0.05, 0) is 50.4 Å². The second kappa shape index (κ2) is 3.82. The first kappa shape index (κ1) is 12.3. The van der Waals surface area contributed by atoms with E-state index in [-0.39, 0.29) is 11.3 Å². The average Bonchev–Trinajstić information content (AvgIpc) is 2.65. The Labute approximate surface area is 115 Å². The molecule has 2 saturated heterocycles. The van der Waals surface area contributed by atoms with E-state index in [1.807, 2.05) is 0 Å². The molecule has 2 heterocycles. The van der Waals surface area contributed by atoms with Crippen molar-refractivity contribution in [3.05, 3.63) is 0 Å². The number of carbonyl (C=O) groups excluding carboxylic acids is 1. The Morgan fingerprint density at radius 1 is 1.21 bits per heavy atom. The van der Waals surface area contributed by atoms with Crippen molar-refractivity contribution in [3.8, 4) is 0 Å². The minimum Gasteiger partial charge on any atom is -0.375 e. The number of nitrogens with zero attached hydrogens (tertiary/aromatic N) is 1. The molecular weight excluding hydrogens is 238 g/mol. The molecule has 2 saturated carbocycles. The Morgan fingerprint density at radius 2 is 2.00 bits per heavy atom. The van der Waals surface area contributed by atoms with Crippen molar-refractivity contribution in [2.75, 3.05) is 13.1 Å². The van der Waals surface area contributed by atoms with Gasteiger partial charge in [0.05, 0.1) is 0 Å². The Kier molecular flexibility index (Phi) is 2.48. The lowest BCUT2D eigenvalue weighted by Gasteiger charge is -2.61. The van der Waals surface area contributed by atoms with Crippen molar-refractivity contribution in [2.45, 2.75) is 57.6 Å². The van der Waals surface area contributed by atoms with Crippen LogP contribution in [0.3, 0.4) is 0 Å². The van der Waals surface area contributed by atoms with Gasteiger partial charge in [-0.3, -0.25) is 9.69 Å². The lowest BCUT2D eigenvalue weighted by atomic mass is 9.52. The van der Waals surface area contributed by atoms with Crippen LogP contribution in [0.2, 0.25) is 0 Å². The highest BCUT2D eigenvalue weighted by Crippen LogP contribution is 2.66. The molecule has 0 aromatic heterocycles. The summed E-state index contributed by atoms with van der Waals surface area (Å²) in [5.41, 5.74) is -0.772. The zero-order valence-electron chi connectivity index (χ0n) is 11.9. The monoisotopic (exact) mass is 263 g/mol. The van der Waals surface area contributed by atoms with E-state index in [4.69, 9.17) is 0 Å². The van der Waals surface area contributed by atoms with Crippen LogP contribution in [-0.2, 0) is 4.79 Å². The first-order valence-corrected chi connectivity index (χ1v) is 8.10. The molecule has 3 heteroatoms. The zero-order valence-corrected chi connectivity index (χ0v) is 11.9. The first-order valence-electron chi connectivity index (χ1n) is 8.10. The van der Waals surface area contributed by atoms with E-state index in [9.17, 15) is 9.90 Å². The van der Waals surface area contributed by atoms with Crippen molar-refractivity contribution < 1.29 is 9.90 Å². The predicted molar refractivity (Wildman–Crippen MR) is 72.4 cm³/mol. The molecule has 6 unspecified atom stereocenters. The number of hydrogen-bond donors (Lipinski definition) is 1. The number of rotatable bonds is 0. The van der Waals surface area contributed by atoms with Gasteiger partial charge in [-0.1, -0.05) is 6.92 Å². The number of carbonyl (C=O) groups is 1. The SMILES string of the molecule is CC1CCC2(O)N3CCCC4C(=O)CC1C42CCC3. The van der Waals surface area contributed by atoms with Gasteiger partial charge in [0.25, 0.3) is 0 Å². The third kappa shape index (κ3) is 1.29. The molecule has 0 amide bonds. The molecule has 6 atom stereocenters. The van der Waals surface area contributed by atoms with Crippen LogP contribution in [0.25, 0.3) is 0 Å². The molecule has 2 aliphatic carbocycles. The van der Waals surface area contributed by atoms with Crippen LogP contribution < -0.4 is 0 Å². The van der Waals surface area contributed by atoms with Gasteiger partial charge in [-0.15, -0.1) is 0 Å². The minimum absolute atomic E-state index is 0.101. The summed E-state index contributed by atoms with van der Waals surface area (Å²) in [5, 5.41) is 11.5. The Morgan fingerprint density at radius 3 is 2.84 bits per heavy atom. The van der Waals surface area contributed by atoms with Crippen LogP contribution in [0.15, 0.2) is 0 Å². The molecule has 0 aromatic rings. The summed E-state index contributed by atoms with van der Waals surface area (Å²) in [6, 6.07) is 0. The van der Waals surface area contributed by atoms with E-state index in [0.29, 0.717) is 17.6 Å². The smallest absolute Gasteiger partial charge is 0.137 e. The summed E-state index contributed by atoms with van der Waals surface area (Å²) >= 11 is 0. The van der Waals surface area contributed by atoms with E-state index in [2.05, 4.69) is 11.8 Å². The van der Waals surface area contributed by atoms with E-state index in [1.54, 1.807) is 0 Å². The number of piperidine rings is 1. The summed E-state index contributed by atoms with van der Waals surface area (Å²) in [6.45, 7) is 4.32. The molecular formula is C16H25NO2. The van der Waals surface area contributed by atoms with Gasteiger partial charge in [-0.25, -0.2) is 0 Å². The Hall–Kier alpha value is -0.410. The Bertz CT molecular complexity index is 423. The van der Waals surface area contributed by atoms with Gasteiger partial charge in [0.1, 0.15) is 11.5 Å². The van der Waals surface area contributed by atoms with E-state index >= 15 is 0 Å². The maximum Gasteiger partial charge on any atom is 0.137 e. The Balaban J connectivity index is 1.91. The first-order chi connectivity index (χ1) is 9.09.